The molecule has 0 atom stereocenters. The summed E-state index contributed by atoms with van der Waals surface area (Å²) in [6.07, 6.45) is 16.2. The molecule has 0 fully saturated rings. The van der Waals surface area contributed by atoms with Crippen molar-refractivity contribution in [3.8, 4) is 22.9 Å². The third-order valence-corrected chi connectivity index (χ3v) is 7.49. The SMILES string of the molecule is CCCCCCCCOc1ncc(-c2ccc(OCCCCCC[Si](C)(C)C)cc2)cn1. The molecular formula is C27H44N2O2Si. The zero-order chi connectivity index (χ0) is 23.1. The van der Waals surface area contributed by atoms with E-state index in [4.69, 9.17) is 9.47 Å². The molecule has 0 radical (unpaired) electrons. The molecule has 0 saturated carbocycles. The van der Waals surface area contributed by atoms with Crippen molar-refractivity contribution < 1.29 is 9.47 Å². The Balaban J connectivity index is 1.63. The van der Waals surface area contributed by atoms with Gasteiger partial charge in [0.2, 0.25) is 0 Å². The molecule has 2 rings (SSSR count). The lowest BCUT2D eigenvalue weighted by molar-refractivity contribution is 0.281. The summed E-state index contributed by atoms with van der Waals surface area (Å²) in [5, 5.41) is 0. The average molecular weight is 457 g/mol. The van der Waals surface area contributed by atoms with Crippen LogP contribution in [0.2, 0.25) is 25.7 Å². The van der Waals surface area contributed by atoms with Gasteiger partial charge in [0.25, 0.3) is 0 Å². The van der Waals surface area contributed by atoms with Crippen LogP contribution in [0.1, 0.15) is 71.1 Å². The standard InChI is InChI=1S/C27H44N2O2Si/c1-5-6-7-8-9-13-20-31-27-28-22-25(23-29-27)24-15-17-26(18-16-24)30-19-12-10-11-14-21-32(2,3)4/h15-18,22-23H,5-14,19-21H2,1-4H3. The molecule has 32 heavy (non-hydrogen) atoms. The van der Waals surface area contributed by atoms with E-state index in [9.17, 15) is 0 Å². The fraction of sp³-hybridized carbons (Fsp3) is 0.630. The molecule has 0 aliphatic carbocycles. The monoisotopic (exact) mass is 456 g/mol. The molecule has 0 spiro atoms. The molecule has 1 aromatic carbocycles. The van der Waals surface area contributed by atoms with E-state index in [1.807, 2.05) is 24.5 Å². The van der Waals surface area contributed by atoms with Crippen LogP contribution in [0.3, 0.4) is 0 Å². The van der Waals surface area contributed by atoms with E-state index >= 15 is 0 Å². The number of ether oxygens (including phenoxy) is 2. The fourth-order valence-electron chi connectivity index (χ4n) is 3.63. The molecule has 0 bridgehead atoms. The summed E-state index contributed by atoms with van der Waals surface area (Å²) in [5.41, 5.74) is 2.08. The summed E-state index contributed by atoms with van der Waals surface area (Å²) < 4.78 is 11.6. The second-order valence-electron chi connectivity index (χ2n) is 9.97. The van der Waals surface area contributed by atoms with Gasteiger partial charge in [0.05, 0.1) is 13.2 Å². The van der Waals surface area contributed by atoms with Gasteiger partial charge in [-0.05, 0) is 30.5 Å². The molecule has 1 aromatic heterocycles. The lowest BCUT2D eigenvalue weighted by Crippen LogP contribution is -2.18. The second kappa shape index (κ2) is 15.0. The summed E-state index contributed by atoms with van der Waals surface area (Å²) in [7, 11) is -0.876. The minimum absolute atomic E-state index is 0.465. The molecule has 0 N–H and O–H groups in total. The first-order valence-electron chi connectivity index (χ1n) is 12.7. The Hall–Kier alpha value is -1.88. The highest BCUT2D eigenvalue weighted by atomic mass is 28.3. The molecule has 1 heterocycles. The minimum atomic E-state index is -0.876. The number of nitrogens with zero attached hydrogens (tertiary/aromatic N) is 2. The van der Waals surface area contributed by atoms with E-state index in [1.165, 1.54) is 57.4 Å². The maximum absolute atomic E-state index is 5.91. The van der Waals surface area contributed by atoms with E-state index < -0.39 is 8.07 Å². The first-order valence-corrected chi connectivity index (χ1v) is 16.4. The largest absolute Gasteiger partial charge is 0.494 e. The Morgan fingerprint density at radius 3 is 1.84 bits per heavy atom. The predicted molar refractivity (Wildman–Crippen MR) is 138 cm³/mol. The minimum Gasteiger partial charge on any atom is -0.494 e. The second-order valence-corrected chi connectivity index (χ2v) is 15.6. The smallest absolute Gasteiger partial charge is 0.316 e. The number of hydrogen-bond donors (Lipinski definition) is 0. The summed E-state index contributed by atoms with van der Waals surface area (Å²) >= 11 is 0. The summed E-state index contributed by atoms with van der Waals surface area (Å²) in [6.45, 7) is 11.1. The Kier molecular flexibility index (Phi) is 12.4. The Bertz CT molecular complexity index is 727. The van der Waals surface area contributed by atoms with Crippen molar-refractivity contribution in [2.75, 3.05) is 13.2 Å². The van der Waals surface area contributed by atoms with Gasteiger partial charge in [-0.25, -0.2) is 9.97 Å². The van der Waals surface area contributed by atoms with E-state index in [-0.39, 0.29) is 0 Å². The van der Waals surface area contributed by atoms with Gasteiger partial charge in [-0.2, -0.15) is 0 Å². The number of rotatable bonds is 17. The van der Waals surface area contributed by atoms with E-state index in [2.05, 4.69) is 48.7 Å². The normalized spacial score (nSPS) is 11.5. The molecule has 4 nitrogen and oxygen atoms in total. The van der Waals surface area contributed by atoms with Gasteiger partial charge in [-0.15, -0.1) is 0 Å². The molecule has 5 heteroatoms. The van der Waals surface area contributed by atoms with Gasteiger partial charge in [0, 0.05) is 26.0 Å². The number of benzene rings is 1. The Morgan fingerprint density at radius 2 is 1.22 bits per heavy atom. The fourth-order valence-corrected chi connectivity index (χ4v) is 4.94. The zero-order valence-electron chi connectivity index (χ0n) is 20.9. The molecular weight excluding hydrogens is 412 g/mol. The number of unbranched alkanes of at least 4 members (excludes halogenated alkanes) is 8. The number of aromatic nitrogens is 2. The molecule has 2 aromatic rings. The molecule has 178 valence electrons. The van der Waals surface area contributed by atoms with Gasteiger partial charge in [0.1, 0.15) is 5.75 Å². The molecule has 0 unspecified atom stereocenters. The van der Waals surface area contributed by atoms with Crippen molar-refractivity contribution in [2.24, 2.45) is 0 Å². The summed E-state index contributed by atoms with van der Waals surface area (Å²) in [6, 6.07) is 10.1. The quantitative estimate of drug-likeness (QED) is 0.178. The predicted octanol–water partition coefficient (Wildman–Crippen LogP) is 8.16. The lowest BCUT2D eigenvalue weighted by Gasteiger charge is -2.14. The first kappa shape index (κ1) is 26.4. The van der Waals surface area contributed by atoms with Gasteiger partial charge in [-0.3, -0.25) is 0 Å². The van der Waals surface area contributed by atoms with Crippen LogP contribution in [-0.4, -0.2) is 31.3 Å². The molecule has 0 aliphatic rings. The van der Waals surface area contributed by atoms with Crippen LogP contribution in [-0.2, 0) is 0 Å². The highest BCUT2D eigenvalue weighted by Gasteiger charge is 2.11. The number of hydrogen-bond acceptors (Lipinski definition) is 4. The Labute approximate surface area is 197 Å². The molecule has 0 aliphatic heterocycles. The van der Waals surface area contributed by atoms with Crippen LogP contribution in [0.5, 0.6) is 11.8 Å². The van der Waals surface area contributed by atoms with Crippen LogP contribution in [0.15, 0.2) is 36.7 Å². The van der Waals surface area contributed by atoms with Crippen molar-refractivity contribution >= 4 is 8.07 Å². The van der Waals surface area contributed by atoms with E-state index in [0.717, 1.165) is 36.3 Å². The highest BCUT2D eigenvalue weighted by Crippen LogP contribution is 2.22. The summed E-state index contributed by atoms with van der Waals surface area (Å²) in [4.78, 5) is 8.73. The average Bonchev–Trinajstić information content (AvgIpc) is 2.78. The van der Waals surface area contributed by atoms with Crippen LogP contribution in [0.25, 0.3) is 11.1 Å². The Morgan fingerprint density at radius 1 is 0.656 bits per heavy atom. The third-order valence-electron chi connectivity index (χ3n) is 5.63. The van der Waals surface area contributed by atoms with E-state index in [1.54, 1.807) is 0 Å². The van der Waals surface area contributed by atoms with Gasteiger partial charge < -0.3 is 9.47 Å². The first-order chi connectivity index (χ1) is 15.5. The lowest BCUT2D eigenvalue weighted by atomic mass is 10.1. The van der Waals surface area contributed by atoms with Crippen LogP contribution in [0.4, 0.5) is 0 Å². The van der Waals surface area contributed by atoms with Crippen molar-refractivity contribution in [1.29, 1.82) is 0 Å². The third kappa shape index (κ3) is 11.7. The van der Waals surface area contributed by atoms with Crippen molar-refractivity contribution in [3.63, 3.8) is 0 Å². The zero-order valence-corrected chi connectivity index (χ0v) is 21.9. The summed E-state index contributed by atoms with van der Waals surface area (Å²) in [5.74, 6) is 0.927. The van der Waals surface area contributed by atoms with Crippen LogP contribution in [0, 0.1) is 0 Å². The van der Waals surface area contributed by atoms with Gasteiger partial charge in [-0.1, -0.05) is 96.1 Å². The van der Waals surface area contributed by atoms with E-state index in [0.29, 0.717) is 12.6 Å². The van der Waals surface area contributed by atoms with Crippen LogP contribution < -0.4 is 9.47 Å². The van der Waals surface area contributed by atoms with Crippen molar-refractivity contribution in [1.82, 2.24) is 9.97 Å². The van der Waals surface area contributed by atoms with Crippen molar-refractivity contribution in [2.45, 2.75) is 96.8 Å². The van der Waals surface area contributed by atoms with Gasteiger partial charge in [0.15, 0.2) is 0 Å². The van der Waals surface area contributed by atoms with Crippen LogP contribution >= 0.6 is 0 Å². The van der Waals surface area contributed by atoms with Crippen molar-refractivity contribution in [3.05, 3.63) is 36.7 Å². The maximum atomic E-state index is 5.91. The molecule has 0 amide bonds. The molecule has 0 saturated heterocycles. The maximum Gasteiger partial charge on any atom is 0.316 e. The topological polar surface area (TPSA) is 44.2 Å². The van der Waals surface area contributed by atoms with Gasteiger partial charge >= 0.3 is 6.01 Å². The highest BCUT2D eigenvalue weighted by molar-refractivity contribution is 6.76.